The number of rotatable bonds is 15. The minimum absolute atomic E-state index is 0.00694. The largest absolute Gasteiger partial charge is 0.403 e. The van der Waals surface area contributed by atoms with Crippen molar-refractivity contribution in [2.24, 2.45) is 0 Å². The highest BCUT2D eigenvalue weighted by molar-refractivity contribution is 6.50. The first-order valence-electron chi connectivity index (χ1n) is 7.28. The summed E-state index contributed by atoms with van der Waals surface area (Å²) in [6.45, 7) is 4.34. The quantitative estimate of drug-likeness (QED) is 0.290. The molecular formula is C12H24BCl6N3. The highest BCUT2D eigenvalue weighted by atomic mass is 35.5. The first-order valence-corrected chi connectivity index (χ1v) is 10.5. The maximum absolute atomic E-state index is 5.97. The Bertz CT molecular complexity index is 199. The zero-order valence-corrected chi connectivity index (χ0v) is 17.2. The van der Waals surface area contributed by atoms with Gasteiger partial charge >= 0.3 is 7.12 Å². The molecule has 0 saturated carbocycles. The van der Waals surface area contributed by atoms with Crippen molar-refractivity contribution in [3.63, 3.8) is 0 Å². The van der Waals surface area contributed by atoms with E-state index in [1.807, 2.05) is 0 Å². The molecule has 0 atom stereocenters. The summed E-state index contributed by atoms with van der Waals surface area (Å²) in [6, 6.07) is 0. The molecular weight excluding hydrogens is 410 g/mol. The molecule has 3 nitrogen and oxygen atoms in total. The average molecular weight is 434 g/mol. The summed E-state index contributed by atoms with van der Waals surface area (Å²) < 4.78 is 0. The van der Waals surface area contributed by atoms with E-state index in [0.717, 1.165) is 39.3 Å². The predicted octanol–water partition coefficient (Wildman–Crippen LogP) is 3.31. The molecule has 0 spiro atoms. The van der Waals surface area contributed by atoms with Gasteiger partial charge in [-0.3, -0.25) is 0 Å². The second-order valence-corrected chi connectivity index (χ2v) is 6.86. The van der Waals surface area contributed by atoms with Crippen molar-refractivity contribution in [1.82, 2.24) is 14.4 Å². The van der Waals surface area contributed by atoms with E-state index in [4.69, 9.17) is 69.6 Å². The minimum atomic E-state index is -0.00694. The highest BCUT2D eigenvalue weighted by Gasteiger charge is 2.35. The molecule has 10 heteroatoms. The Balaban J connectivity index is 5.34. The van der Waals surface area contributed by atoms with Gasteiger partial charge in [0.1, 0.15) is 0 Å². The van der Waals surface area contributed by atoms with Crippen molar-refractivity contribution in [2.75, 3.05) is 74.5 Å². The van der Waals surface area contributed by atoms with Crippen LogP contribution in [0.2, 0.25) is 0 Å². The summed E-state index contributed by atoms with van der Waals surface area (Å²) in [6.07, 6.45) is 0. The highest BCUT2D eigenvalue weighted by Crippen LogP contribution is 2.11. The Morgan fingerprint density at radius 3 is 0.727 bits per heavy atom. The van der Waals surface area contributed by atoms with E-state index in [1.165, 1.54) is 0 Å². The summed E-state index contributed by atoms with van der Waals surface area (Å²) in [5.74, 6) is 3.16. The summed E-state index contributed by atoms with van der Waals surface area (Å²) in [4.78, 5) is 6.70. The Morgan fingerprint density at radius 2 is 0.591 bits per heavy atom. The van der Waals surface area contributed by atoms with Crippen molar-refractivity contribution < 1.29 is 0 Å². The van der Waals surface area contributed by atoms with Crippen LogP contribution in [0.25, 0.3) is 0 Å². The molecule has 0 radical (unpaired) electrons. The monoisotopic (exact) mass is 431 g/mol. The van der Waals surface area contributed by atoms with Crippen LogP contribution in [-0.4, -0.2) is 96.1 Å². The predicted molar refractivity (Wildman–Crippen MR) is 105 cm³/mol. The molecule has 0 saturated heterocycles. The average Bonchev–Trinajstić information content (AvgIpc) is 2.49. The molecule has 0 aliphatic rings. The van der Waals surface area contributed by atoms with Gasteiger partial charge in [0.15, 0.2) is 0 Å². The fourth-order valence-electron chi connectivity index (χ4n) is 2.37. The maximum atomic E-state index is 5.97. The maximum Gasteiger partial charge on any atom is 0.403 e. The molecule has 0 unspecified atom stereocenters. The molecule has 0 amide bonds. The molecule has 0 N–H and O–H groups in total. The SMILES string of the molecule is ClCCN(CCCl)B(N(CCCl)CCCl)N(CCCl)CCCl. The van der Waals surface area contributed by atoms with Gasteiger partial charge in [-0.15, -0.1) is 69.6 Å². The minimum Gasteiger partial charge on any atom is -0.311 e. The van der Waals surface area contributed by atoms with Gasteiger partial charge in [-0.05, 0) is 0 Å². The van der Waals surface area contributed by atoms with Crippen LogP contribution < -0.4 is 0 Å². The molecule has 0 aromatic carbocycles. The third kappa shape index (κ3) is 9.24. The van der Waals surface area contributed by atoms with E-state index in [-0.39, 0.29) is 7.12 Å². The molecule has 0 rings (SSSR count). The van der Waals surface area contributed by atoms with Crippen LogP contribution in [0.3, 0.4) is 0 Å². The fourth-order valence-corrected chi connectivity index (χ4v) is 3.68. The van der Waals surface area contributed by atoms with Gasteiger partial charge in [0.25, 0.3) is 0 Å². The molecule has 0 heterocycles. The Hall–Kier alpha value is 1.68. The van der Waals surface area contributed by atoms with Gasteiger partial charge in [-0.1, -0.05) is 0 Å². The zero-order chi connectivity index (χ0) is 16.8. The zero-order valence-electron chi connectivity index (χ0n) is 12.7. The topological polar surface area (TPSA) is 9.72 Å². The first-order chi connectivity index (χ1) is 10.7. The molecule has 132 valence electrons. The number of hydrogen-bond acceptors (Lipinski definition) is 3. The van der Waals surface area contributed by atoms with Crippen LogP contribution in [-0.2, 0) is 0 Å². The number of nitrogens with zero attached hydrogens (tertiary/aromatic N) is 3. The van der Waals surface area contributed by atoms with Crippen molar-refractivity contribution in [2.45, 2.75) is 0 Å². The molecule has 0 aromatic rings. The summed E-state index contributed by atoms with van der Waals surface area (Å²) in [5.41, 5.74) is 0. The second-order valence-electron chi connectivity index (χ2n) is 4.59. The molecule has 22 heavy (non-hydrogen) atoms. The van der Waals surface area contributed by atoms with E-state index < -0.39 is 0 Å². The second kappa shape index (κ2) is 16.2. The van der Waals surface area contributed by atoms with Crippen LogP contribution in [0.4, 0.5) is 0 Å². The van der Waals surface area contributed by atoms with Crippen LogP contribution in [0.1, 0.15) is 0 Å². The number of hydrogen-bond donors (Lipinski definition) is 0. The van der Waals surface area contributed by atoms with Gasteiger partial charge in [-0.2, -0.15) is 0 Å². The lowest BCUT2D eigenvalue weighted by Gasteiger charge is -2.41. The number of halogens is 6. The lowest BCUT2D eigenvalue weighted by atomic mass is 9.82. The Kier molecular flexibility index (Phi) is 17.4. The lowest BCUT2D eigenvalue weighted by Crippen LogP contribution is -2.65. The van der Waals surface area contributed by atoms with Crippen molar-refractivity contribution >= 4 is 76.7 Å². The van der Waals surface area contributed by atoms with Crippen LogP contribution in [0.15, 0.2) is 0 Å². The molecule has 0 fully saturated rings. The summed E-state index contributed by atoms with van der Waals surface area (Å²) in [5, 5.41) is 0. The first kappa shape index (κ1) is 23.7. The fraction of sp³-hybridized carbons (Fsp3) is 1.00. The van der Waals surface area contributed by atoms with Gasteiger partial charge in [-0.25, -0.2) is 0 Å². The van der Waals surface area contributed by atoms with Gasteiger partial charge in [0.05, 0.1) is 0 Å². The Morgan fingerprint density at radius 1 is 0.409 bits per heavy atom. The molecule has 0 bridgehead atoms. The van der Waals surface area contributed by atoms with Gasteiger partial charge in [0.2, 0.25) is 0 Å². The van der Waals surface area contributed by atoms with Crippen molar-refractivity contribution in [3.05, 3.63) is 0 Å². The van der Waals surface area contributed by atoms with Crippen molar-refractivity contribution in [1.29, 1.82) is 0 Å². The molecule has 0 aliphatic carbocycles. The normalized spacial score (nSPS) is 11.9. The van der Waals surface area contributed by atoms with Crippen LogP contribution in [0, 0.1) is 0 Å². The van der Waals surface area contributed by atoms with Crippen molar-refractivity contribution in [3.8, 4) is 0 Å². The smallest absolute Gasteiger partial charge is 0.311 e. The van der Waals surface area contributed by atoms with E-state index in [2.05, 4.69) is 14.4 Å². The lowest BCUT2D eigenvalue weighted by molar-refractivity contribution is 0.298. The molecule has 0 aromatic heterocycles. The van der Waals surface area contributed by atoms with Gasteiger partial charge < -0.3 is 14.4 Å². The van der Waals surface area contributed by atoms with E-state index >= 15 is 0 Å². The Labute approximate surface area is 165 Å². The third-order valence-corrected chi connectivity index (χ3v) is 4.22. The van der Waals surface area contributed by atoms with Crippen LogP contribution >= 0.6 is 69.6 Å². The molecule has 0 aliphatic heterocycles. The standard InChI is InChI=1S/C12H24BCl6N3/c14-1-7-20(8-2-15)13(21(9-3-16)10-4-17)22(11-5-18)12-6-19/h1-12H2. The van der Waals surface area contributed by atoms with Crippen LogP contribution in [0.5, 0.6) is 0 Å². The number of alkyl halides is 6. The summed E-state index contributed by atoms with van der Waals surface area (Å²) in [7, 11) is -0.00694. The van der Waals surface area contributed by atoms with Gasteiger partial charge in [0, 0.05) is 74.5 Å². The van der Waals surface area contributed by atoms with E-state index in [1.54, 1.807) is 0 Å². The summed E-state index contributed by atoms with van der Waals surface area (Å²) >= 11 is 35.8. The van der Waals surface area contributed by atoms with E-state index in [0.29, 0.717) is 35.3 Å². The third-order valence-electron chi connectivity index (χ3n) is 3.21. The van der Waals surface area contributed by atoms with E-state index in [9.17, 15) is 0 Å².